The highest BCUT2D eigenvalue weighted by molar-refractivity contribution is 9.11. The maximum absolute atomic E-state index is 13.5. The maximum atomic E-state index is 13.5. The minimum absolute atomic E-state index is 0.197. The van der Waals surface area contributed by atoms with Gasteiger partial charge in [-0.3, -0.25) is 0 Å². The average molecular weight is 345 g/mol. The molecule has 102 valence electrons. The van der Waals surface area contributed by atoms with Crippen LogP contribution in [0.25, 0.3) is 0 Å². The summed E-state index contributed by atoms with van der Waals surface area (Å²) >= 11 is 5.06. The van der Waals surface area contributed by atoms with Crippen molar-refractivity contribution in [2.24, 2.45) is 0 Å². The molecule has 1 heterocycles. The summed E-state index contributed by atoms with van der Waals surface area (Å²) in [6, 6.07) is 4.96. The molecule has 0 spiro atoms. The van der Waals surface area contributed by atoms with Crippen molar-refractivity contribution < 1.29 is 9.13 Å². The van der Waals surface area contributed by atoms with E-state index in [-0.39, 0.29) is 5.75 Å². The Morgan fingerprint density at radius 3 is 2.74 bits per heavy atom. The van der Waals surface area contributed by atoms with Crippen molar-refractivity contribution in [2.75, 3.05) is 24.8 Å². The zero-order valence-corrected chi connectivity index (χ0v) is 13.0. The van der Waals surface area contributed by atoms with Crippen molar-refractivity contribution in [3.8, 4) is 5.75 Å². The van der Waals surface area contributed by atoms with E-state index in [4.69, 9.17) is 10.5 Å². The third-order valence-electron chi connectivity index (χ3n) is 2.75. The molecule has 2 aromatic rings. The number of hydrogen-bond acceptors (Lipinski definition) is 4. The number of nitrogen functional groups attached to an aromatic ring is 1. The van der Waals surface area contributed by atoms with Gasteiger partial charge in [0.1, 0.15) is 0 Å². The summed E-state index contributed by atoms with van der Waals surface area (Å²) < 4.78 is 19.6. The normalized spacial score (nSPS) is 10.5. The summed E-state index contributed by atoms with van der Waals surface area (Å²) in [7, 11) is 3.35. The van der Waals surface area contributed by atoms with Crippen LogP contribution in [0.15, 0.2) is 27.4 Å². The average Bonchev–Trinajstić information content (AvgIpc) is 2.74. The lowest BCUT2D eigenvalue weighted by molar-refractivity contribution is 0.387. The van der Waals surface area contributed by atoms with Crippen molar-refractivity contribution in [1.29, 1.82) is 0 Å². The standard InChI is InChI=1S/C13H14BrFN2OS/c1-17(6-8-3-13(14)19-7-8)11-5-12(18-2)9(15)4-10(11)16/h3-5,7H,6,16H2,1-2H3. The predicted molar refractivity (Wildman–Crippen MR) is 81.5 cm³/mol. The van der Waals surface area contributed by atoms with Gasteiger partial charge in [-0.25, -0.2) is 4.39 Å². The first kappa shape index (κ1) is 14.1. The van der Waals surface area contributed by atoms with Gasteiger partial charge in [0, 0.05) is 25.7 Å². The topological polar surface area (TPSA) is 38.5 Å². The molecule has 0 saturated carbocycles. The molecule has 0 fully saturated rings. The molecule has 1 aromatic heterocycles. The number of rotatable bonds is 4. The fourth-order valence-corrected chi connectivity index (χ4v) is 3.03. The summed E-state index contributed by atoms with van der Waals surface area (Å²) in [6.07, 6.45) is 0. The monoisotopic (exact) mass is 344 g/mol. The number of nitrogens with zero attached hydrogens (tertiary/aromatic N) is 1. The lowest BCUT2D eigenvalue weighted by atomic mass is 10.2. The molecule has 6 heteroatoms. The van der Waals surface area contributed by atoms with Crippen LogP contribution in [-0.4, -0.2) is 14.2 Å². The van der Waals surface area contributed by atoms with E-state index >= 15 is 0 Å². The Morgan fingerprint density at radius 1 is 1.42 bits per heavy atom. The number of hydrogen-bond donors (Lipinski definition) is 1. The molecule has 0 bridgehead atoms. The van der Waals surface area contributed by atoms with E-state index in [2.05, 4.69) is 27.4 Å². The summed E-state index contributed by atoms with van der Waals surface area (Å²) in [4.78, 5) is 1.96. The SMILES string of the molecule is COc1cc(N(C)Cc2csc(Br)c2)c(N)cc1F. The quantitative estimate of drug-likeness (QED) is 0.855. The van der Waals surface area contributed by atoms with Crippen LogP contribution in [0.2, 0.25) is 0 Å². The van der Waals surface area contributed by atoms with Crippen molar-refractivity contribution >= 4 is 38.6 Å². The summed E-state index contributed by atoms with van der Waals surface area (Å²) in [6.45, 7) is 0.696. The van der Waals surface area contributed by atoms with E-state index in [0.717, 1.165) is 9.47 Å². The second-order valence-electron chi connectivity index (χ2n) is 4.16. The number of methoxy groups -OCH3 is 1. The van der Waals surface area contributed by atoms with Gasteiger partial charge in [0.25, 0.3) is 0 Å². The first-order valence-corrected chi connectivity index (χ1v) is 7.25. The van der Waals surface area contributed by atoms with Crippen LogP contribution in [0.3, 0.4) is 0 Å². The van der Waals surface area contributed by atoms with Gasteiger partial charge in [-0.2, -0.15) is 0 Å². The van der Waals surface area contributed by atoms with Crippen LogP contribution < -0.4 is 15.4 Å². The summed E-state index contributed by atoms with van der Waals surface area (Å²) in [5, 5.41) is 2.07. The third kappa shape index (κ3) is 3.19. The Morgan fingerprint density at radius 2 is 2.16 bits per heavy atom. The lowest BCUT2D eigenvalue weighted by Gasteiger charge is -2.21. The predicted octanol–water partition coefficient (Wildman–Crippen LogP) is 3.88. The minimum Gasteiger partial charge on any atom is -0.494 e. The van der Waals surface area contributed by atoms with Gasteiger partial charge in [0.15, 0.2) is 11.6 Å². The van der Waals surface area contributed by atoms with Crippen LogP contribution in [0, 0.1) is 5.82 Å². The second-order valence-corrected chi connectivity index (χ2v) is 6.45. The van der Waals surface area contributed by atoms with Crippen LogP contribution in [0.4, 0.5) is 15.8 Å². The van der Waals surface area contributed by atoms with Gasteiger partial charge >= 0.3 is 0 Å². The molecule has 1 aromatic carbocycles. The van der Waals surface area contributed by atoms with E-state index in [9.17, 15) is 4.39 Å². The fourth-order valence-electron chi connectivity index (χ4n) is 1.83. The highest BCUT2D eigenvalue weighted by atomic mass is 79.9. The number of anilines is 2. The van der Waals surface area contributed by atoms with Crippen molar-refractivity contribution in [3.63, 3.8) is 0 Å². The first-order valence-electron chi connectivity index (χ1n) is 5.58. The highest BCUT2D eigenvalue weighted by Gasteiger charge is 2.12. The van der Waals surface area contributed by atoms with Gasteiger partial charge in [0.05, 0.1) is 22.3 Å². The molecule has 0 unspecified atom stereocenters. The van der Waals surface area contributed by atoms with Crippen molar-refractivity contribution in [2.45, 2.75) is 6.54 Å². The number of ether oxygens (including phenoxy) is 1. The Hall–Kier alpha value is -1.27. The molecule has 0 aliphatic rings. The van der Waals surface area contributed by atoms with E-state index in [1.165, 1.54) is 18.7 Å². The van der Waals surface area contributed by atoms with E-state index in [1.54, 1.807) is 17.4 Å². The lowest BCUT2D eigenvalue weighted by Crippen LogP contribution is -2.17. The number of thiophene rings is 1. The smallest absolute Gasteiger partial charge is 0.167 e. The fraction of sp³-hybridized carbons (Fsp3) is 0.231. The Balaban J connectivity index is 2.25. The van der Waals surface area contributed by atoms with Crippen LogP contribution in [-0.2, 0) is 6.54 Å². The molecule has 0 radical (unpaired) electrons. The second kappa shape index (κ2) is 5.79. The number of halogens is 2. The first-order chi connectivity index (χ1) is 9.01. The third-order valence-corrected chi connectivity index (χ3v) is 4.31. The van der Waals surface area contributed by atoms with E-state index < -0.39 is 5.82 Å². The van der Waals surface area contributed by atoms with Crippen LogP contribution in [0.1, 0.15) is 5.56 Å². The molecule has 2 rings (SSSR count). The van der Waals surface area contributed by atoms with Crippen LogP contribution >= 0.6 is 27.3 Å². The molecule has 3 nitrogen and oxygen atoms in total. The van der Waals surface area contributed by atoms with Gasteiger partial charge in [0.2, 0.25) is 0 Å². The Bertz CT molecular complexity index is 588. The molecule has 0 amide bonds. The van der Waals surface area contributed by atoms with E-state index in [1.807, 2.05) is 11.9 Å². The van der Waals surface area contributed by atoms with Gasteiger partial charge in [-0.15, -0.1) is 11.3 Å². The zero-order chi connectivity index (χ0) is 14.0. The van der Waals surface area contributed by atoms with Gasteiger partial charge in [-0.1, -0.05) is 0 Å². The Kier molecular flexibility index (Phi) is 4.31. The Labute approximate surface area is 123 Å². The van der Waals surface area contributed by atoms with Crippen molar-refractivity contribution in [3.05, 3.63) is 38.7 Å². The summed E-state index contributed by atoms with van der Waals surface area (Å²) in [5.74, 6) is -0.252. The number of nitrogens with two attached hydrogens (primary N) is 1. The minimum atomic E-state index is -0.449. The number of benzene rings is 1. The van der Waals surface area contributed by atoms with Crippen molar-refractivity contribution in [1.82, 2.24) is 0 Å². The molecular formula is C13H14BrFN2OS. The van der Waals surface area contributed by atoms with Gasteiger partial charge < -0.3 is 15.4 Å². The van der Waals surface area contributed by atoms with Crippen LogP contribution in [0.5, 0.6) is 5.75 Å². The highest BCUT2D eigenvalue weighted by Crippen LogP contribution is 2.31. The maximum Gasteiger partial charge on any atom is 0.167 e. The molecule has 0 saturated heterocycles. The largest absolute Gasteiger partial charge is 0.494 e. The molecule has 0 aliphatic heterocycles. The molecule has 19 heavy (non-hydrogen) atoms. The molecule has 0 atom stereocenters. The summed E-state index contributed by atoms with van der Waals surface area (Å²) in [5.41, 5.74) is 8.18. The zero-order valence-electron chi connectivity index (χ0n) is 10.6. The van der Waals surface area contributed by atoms with E-state index in [0.29, 0.717) is 12.2 Å². The molecule has 2 N–H and O–H groups in total. The molecule has 0 aliphatic carbocycles. The molecular weight excluding hydrogens is 331 g/mol. The van der Waals surface area contributed by atoms with Gasteiger partial charge in [-0.05, 0) is 32.9 Å².